The molecule has 1 atom stereocenters. The van der Waals surface area contributed by atoms with Crippen LogP contribution in [0.25, 0.3) is 10.8 Å². The van der Waals surface area contributed by atoms with Gasteiger partial charge in [0.25, 0.3) is 0 Å². The average molecular weight is 513 g/mol. The summed E-state index contributed by atoms with van der Waals surface area (Å²) in [5.74, 6) is -0.188. The van der Waals surface area contributed by atoms with Crippen LogP contribution in [0.15, 0.2) is 97.1 Å². The van der Waals surface area contributed by atoms with Crippen LogP contribution in [0.1, 0.15) is 36.5 Å². The molecule has 4 rings (SSSR count). The minimum atomic E-state index is -0.632. The number of nitrogens with one attached hydrogen (secondary N) is 1. The minimum absolute atomic E-state index is 0.0551. The lowest BCUT2D eigenvalue weighted by atomic mass is 9.99. The Morgan fingerprint density at radius 1 is 0.865 bits per heavy atom. The molecular formula is C32H33ClN2O2. The van der Waals surface area contributed by atoms with E-state index in [1.54, 1.807) is 4.90 Å². The first kappa shape index (κ1) is 26.4. The molecule has 0 aliphatic rings. The Morgan fingerprint density at radius 3 is 2.35 bits per heavy atom. The van der Waals surface area contributed by atoms with E-state index in [-0.39, 0.29) is 11.8 Å². The maximum atomic E-state index is 13.9. The molecule has 1 N–H and O–H groups in total. The van der Waals surface area contributed by atoms with Crippen molar-refractivity contribution < 1.29 is 9.59 Å². The van der Waals surface area contributed by atoms with Crippen LogP contribution in [0.3, 0.4) is 0 Å². The Kier molecular flexibility index (Phi) is 9.34. The highest BCUT2D eigenvalue weighted by atomic mass is 35.5. The first-order valence-corrected chi connectivity index (χ1v) is 13.2. The lowest BCUT2D eigenvalue weighted by Crippen LogP contribution is -2.50. The lowest BCUT2D eigenvalue weighted by Gasteiger charge is -2.32. The van der Waals surface area contributed by atoms with Crippen molar-refractivity contribution in [1.29, 1.82) is 0 Å². The van der Waals surface area contributed by atoms with Gasteiger partial charge in [-0.15, -0.1) is 0 Å². The Morgan fingerprint density at radius 2 is 1.57 bits per heavy atom. The molecule has 5 heteroatoms. The largest absolute Gasteiger partial charge is 0.354 e. The van der Waals surface area contributed by atoms with E-state index in [1.165, 1.54) is 0 Å². The van der Waals surface area contributed by atoms with Crippen molar-refractivity contribution in [3.05, 3.63) is 119 Å². The third-order valence-corrected chi connectivity index (χ3v) is 6.79. The number of hydrogen-bond acceptors (Lipinski definition) is 2. The van der Waals surface area contributed by atoms with E-state index in [9.17, 15) is 9.59 Å². The molecule has 1 unspecified atom stereocenters. The second-order valence-electron chi connectivity index (χ2n) is 9.29. The fourth-order valence-electron chi connectivity index (χ4n) is 4.65. The summed E-state index contributed by atoms with van der Waals surface area (Å²) in [5, 5.41) is 5.94. The molecule has 190 valence electrons. The molecule has 37 heavy (non-hydrogen) atoms. The zero-order valence-electron chi connectivity index (χ0n) is 21.2. The predicted octanol–water partition coefficient (Wildman–Crippen LogP) is 6.59. The molecule has 4 aromatic carbocycles. The maximum absolute atomic E-state index is 13.9. The molecule has 0 radical (unpaired) electrons. The van der Waals surface area contributed by atoms with Crippen molar-refractivity contribution in [2.24, 2.45) is 0 Å². The zero-order valence-corrected chi connectivity index (χ0v) is 22.0. The predicted molar refractivity (Wildman–Crippen MR) is 152 cm³/mol. The highest BCUT2D eigenvalue weighted by Gasteiger charge is 2.30. The van der Waals surface area contributed by atoms with Crippen LogP contribution >= 0.6 is 11.6 Å². The average Bonchev–Trinajstić information content (AvgIpc) is 2.93. The molecule has 0 saturated carbocycles. The number of fused-ring (bicyclic) bond motifs is 1. The summed E-state index contributed by atoms with van der Waals surface area (Å²) in [5.41, 5.74) is 3.04. The van der Waals surface area contributed by atoms with E-state index in [1.807, 2.05) is 79.7 Å². The molecule has 0 heterocycles. The van der Waals surface area contributed by atoms with Crippen molar-refractivity contribution in [3.8, 4) is 0 Å². The van der Waals surface area contributed by atoms with Gasteiger partial charge in [-0.3, -0.25) is 9.59 Å². The molecule has 0 bridgehead atoms. The number of rotatable bonds is 11. The first-order valence-electron chi connectivity index (χ1n) is 12.9. The molecule has 0 saturated heterocycles. The van der Waals surface area contributed by atoms with Gasteiger partial charge >= 0.3 is 0 Å². The van der Waals surface area contributed by atoms with E-state index in [4.69, 9.17) is 11.6 Å². The van der Waals surface area contributed by atoms with Crippen molar-refractivity contribution >= 4 is 34.2 Å². The highest BCUT2D eigenvalue weighted by molar-refractivity contribution is 6.30. The van der Waals surface area contributed by atoms with Crippen LogP contribution in [0.2, 0.25) is 5.02 Å². The molecule has 0 fully saturated rings. The number of carbonyl (C=O) groups is 2. The summed E-state index contributed by atoms with van der Waals surface area (Å²) in [6.07, 6.45) is 2.17. The molecule has 0 aliphatic heterocycles. The van der Waals surface area contributed by atoms with Crippen LogP contribution in [-0.4, -0.2) is 29.3 Å². The van der Waals surface area contributed by atoms with Crippen molar-refractivity contribution in [3.63, 3.8) is 0 Å². The Bertz CT molecular complexity index is 1330. The van der Waals surface area contributed by atoms with Gasteiger partial charge in [-0.05, 0) is 52.4 Å². The number of nitrogens with zero attached hydrogens (tertiary/aromatic N) is 1. The second-order valence-corrected chi connectivity index (χ2v) is 9.72. The zero-order chi connectivity index (χ0) is 26.0. The van der Waals surface area contributed by atoms with Gasteiger partial charge in [0.1, 0.15) is 6.04 Å². The number of carbonyl (C=O) groups excluding carboxylic acids is 2. The van der Waals surface area contributed by atoms with Crippen LogP contribution < -0.4 is 5.32 Å². The number of halogens is 1. The van der Waals surface area contributed by atoms with E-state index in [2.05, 4.69) is 29.6 Å². The minimum Gasteiger partial charge on any atom is -0.354 e. The summed E-state index contributed by atoms with van der Waals surface area (Å²) in [4.78, 5) is 29.0. The molecular weight excluding hydrogens is 480 g/mol. The smallest absolute Gasteiger partial charge is 0.243 e. The fourth-order valence-corrected chi connectivity index (χ4v) is 4.86. The maximum Gasteiger partial charge on any atom is 0.243 e. The van der Waals surface area contributed by atoms with E-state index in [0.717, 1.165) is 33.9 Å². The number of aryl methyl sites for hydroxylation is 1. The summed E-state index contributed by atoms with van der Waals surface area (Å²) in [7, 11) is 0. The van der Waals surface area contributed by atoms with Gasteiger partial charge in [-0.2, -0.15) is 0 Å². The molecule has 0 aromatic heterocycles. The fraction of sp³-hybridized carbons (Fsp3) is 0.250. The number of benzene rings is 4. The van der Waals surface area contributed by atoms with Gasteiger partial charge in [0.05, 0.1) is 0 Å². The van der Waals surface area contributed by atoms with E-state index < -0.39 is 6.04 Å². The van der Waals surface area contributed by atoms with Crippen LogP contribution in [0, 0.1) is 0 Å². The van der Waals surface area contributed by atoms with Gasteiger partial charge in [0.15, 0.2) is 0 Å². The highest BCUT2D eigenvalue weighted by Crippen LogP contribution is 2.22. The Balaban J connectivity index is 1.63. The standard InChI is InChI=1S/C32H33ClN2O2/c1-2-20-34-32(37)30(22-24-10-4-3-5-11-24)35(23-25-12-8-16-28(33)21-25)31(36)19-18-27-15-9-14-26-13-6-7-17-29(26)27/h3-17,21,30H,2,18-20,22-23H2,1H3,(H,34,37). The van der Waals surface area contributed by atoms with Crippen molar-refractivity contribution in [2.45, 2.75) is 45.2 Å². The van der Waals surface area contributed by atoms with Gasteiger partial charge < -0.3 is 10.2 Å². The second kappa shape index (κ2) is 13.1. The summed E-state index contributed by atoms with van der Waals surface area (Å²) in [6, 6.07) is 31.1. The number of amides is 2. The van der Waals surface area contributed by atoms with E-state index >= 15 is 0 Å². The topological polar surface area (TPSA) is 49.4 Å². The van der Waals surface area contributed by atoms with Crippen LogP contribution in [0.4, 0.5) is 0 Å². The monoisotopic (exact) mass is 512 g/mol. The van der Waals surface area contributed by atoms with Gasteiger partial charge in [0, 0.05) is 31.0 Å². The van der Waals surface area contributed by atoms with Crippen molar-refractivity contribution in [1.82, 2.24) is 10.2 Å². The SMILES string of the molecule is CCCNC(=O)C(Cc1ccccc1)N(Cc1cccc(Cl)c1)C(=O)CCc1cccc2ccccc12. The van der Waals surface area contributed by atoms with Crippen LogP contribution in [0.5, 0.6) is 0 Å². The van der Waals surface area contributed by atoms with E-state index in [0.29, 0.717) is 37.4 Å². The Hall–Kier alpha value is -3.63. The molecule has 2 amide bonds. The molecule has 4 nitrogen and oxygen atoms in total. The first-order chi connectivity index (χ1) is 18.0. The Labute approximate surface area is 224 Å². The third-order valence-electron chi connectivity index (χ3n) is 6.55. The van der Waals surface area contributed by atoms with Crippen LogP contribution in [-0.2, 0) is 29.0 Å². The normalized spacial score (nSPS) is 11.7. The van der Waals surface area contributed by atoms with Gasteiger partial charge in [0.2, 0.25) is 11.8 Å². The molecule has 0 spiro atoms. The summed E-state index contributed by atoms with van der Waals surface area (Å²) < 4.78 is 0. The summed E-state index contributed by atoms with van der Waals surface area (Å²) >= 11 is 6.26. The quantitative estimate of drug-likeness (QED) is 0.246. The summed E-state index contributed by atoms with van der Waals surface area (Å²) in [6.45, 7) is 2.90. The molecule has 0 aliphatic carbocycles. The van der Waals surface area contributed by atoms with Gasteiger partial charge in [-0.1, -0.05) is 103 Å². The molecule has 4 aromatic rings. The van der Waals surface area contributed by atoms with Gasteiger partial charge in [-0.25, -0.2) is 0 Å². The lowest BCUT2D eigenvalue weighted by molar-refractivity contribution is -0.141. The third kappa shape index (κ3) is 7.21. The number of hydrogen-bond donors (Lipinski definition) is 1. The van der Waals surface area contributed by atoms with Crippen molar-refractivity contribution in [2.75, 3.05) is 6.54 Å².